The average Bonchev–Trinajstić information content (AvgIpc) is 2.35. The molecule has 0 aliphatic carbocycles. The van der Waals surface area contributed by atoms with Gasteiger partial charge in [0, 0.05) is 17.6 Å². The standard InChI is InChI=1S/C15H20N2/c1-4-14(11(2)3)17-15-13-8-6-5-7-12(13)9-10-16-15/h5-11,14H,4H2,1-3H3,(H,16,17). The Kier molecular flexibility index (Phi) is 3.62. The molecular formula is C15H20N2. The largest absolute Gasteiger partial charge is 0.367 e. The van der Waals surface area contributed by atoms with E-state index >= 15 is 0 Å². The van der Waals surface area contributed by atoms with Gasteiger partial charge in [-0.3, -0.25) is 0 Å². The van der Waals surface area contributed by atoms with E-state index in [-0.39, 0.29) is 0 Å². The highest BCUT2D eigenvalue weighted by Gasteiger charge is 2.12. The Morgan fingerprint density at radius 2 is 1.94 bits per heavy atom. The van der Waals surface area contributed by atoms with E-state index in [0.29, 0.717) is 12.0 Å². The highest BCUT2D eigenvalue weighted by Crippen LogP contribution is 2.22. The van der Waals surface area contributed by atoms with Gasteiger partial charge in [0.15, 0.2) is 0 Å². The van der Waals surface area contributed by atoms with E-state index in [2.05, 4.69) is 61.4 Å². The average molecular weight is 228 g/mol. The molecule has 2 nitrogen and oxygen atoms in total. The molecule has 0 aliphatic rings. The summed E-state index contributed by atoms with van der Waals surface area (Å²) in [6.07, 6.45) is 2.99. The minimum Gasteiger partial charge on any atom is -0.367 e. The highest BCUT2D eigenvalue weighted by atomic mass is 15.0. The van der Waals surface area contributed by atoms with E-state index in [4.69, 9.17) is 0 Å². The number of benzene rings is 1. The third-order valence-electron chi connectivity index (χ3n) is 3.24. The fourth-order valence-corrected chi connectivity index (χ4v) is 2.15. The fourth-order valence-electron chi connectivity index (χ4n) is 2.15. The predicted octanol–water partition coefficient (Wildman–Crippen LogP) is 4.08. The van der Waals surface area contributed by atoms with Crippen molar-refractivity contribution in [3.05, 3.63) is 36.5 Å². The van der Waals surface area contributed by atoms with Crippen LogP contribution in [0.25, 0.3) is 10.8 Å². The SMILES string of the molecule is CCC(Nc1nccc2ccccc12)C(C)C. The van der Waals surface area contributed by atoms with E-state index < -0.39 is 0 Å². The van der Waals surface area contributed by atoms with Crippen LogP contribution in [0.2, 0.25) is 0 Å². The number of aromatic nitrogens is 1. The maximum absolute atomic E-state index is 4.47. The number of pyridine rings is 1. The maximum atomic E-state index is 4.47. The zero-order valence-corrected chi connectivity index (χ0v) is 10.8. The van der Waals surface area contributed by atoms with Crippen LogP contribution in [-0.4, -0.2) is 11.0 Å². The molecule has 0 amide bonds. The van der Waals surface area contributed by atoms with Crippen LogP contribution in [0.15, 0.2) is 36.5 Å². The number of fused-ring (bicyclic) bond motifs is 1. The van der Waals surface area contributed by atoms with Gasteiger partial charge in [-0.25, -0.2) is 4.98 Å². The smallest absolute Gasteiger partial charge is 0.134 e. The van der Waals surface area contributed by atoms with Gasteiger partial charge in [-0.05, 0) is 23.8 Å². The summed E-state index contributed by atoms with van der Waals surface area (Å²) in [5.74, 6) is 1.62. The first-order valence-electron chi connectivity index (χ1n) is 6.32. The molecule has 0 saturated carbocycles. The molecule has 0 aliphatic heterocycles. The number of rotatable bonds is 4. The third kappa shape index (κ3) is 2.57. The van der Waals surface area contributed by atoms with Crippen molar-refractivity contribution in [3.63, 3.8) is 0 Å². The van der Waals surface area contributed by atoms with Crippen LogP contribution in [0.1, 0.15) is 27.2 Å². The van der Waals surface area contributed by atoms with Crippen molar-refractivity contribution in [2.24, 2.45) is 5.92 Å². The second-order valence-electron chi connectivity index (χ2n) is 4.78. The van der Waals surface area contributed by atoms with E-state index in [1.165, 1.54) is 10.8 Å². The minimum absolute atomic E-state index is 0.480. The first-order chi connectivity index (χ1) is 8.22. The highest BCUT2D eigenvalue weighted by molar-refractivity contribution is 5.91. The lowest BCUT2D eigenvalue weighted by molar-refractivity contribution is 0.510. The molecule has 2 heteroatoms. The Bertz CT molecular complexity index is 486. The fraction of sp³-hybridized carbons (Fsp3) is 0.400. The van der Waals surface area contributed by atoms with Crippen LogP contribution in [0.3, 0.4) is 0 Å². The Labute approximate surface area is 103 Å². The van der Waals surface area contributed by atoms with Crippen LogP contribution < -0.4 is 5.32 Å². The van der Waals surface area contributed by atoms with Crippen molar-refractivity contribution in [3.8, 4) is 0 Å². The van der Waals surface area contributed by atoms with E-state index in [1.807, 2.05) is 6.20 Å². The Balaban J connectivity index is 2.35. The zero-order chi connectivity index (χ0) is 12.3. The van der Waals surface area contributed by atoms with E-state index in [9.17, 15) is 0 Å². The molecule has 0 spiro atoms. The summed E-state index contributed by atoms with van der Waals surface area (Å²) in [6.45, 7) is 6.70. The lowest BCUT2D eigenvalue weighted by atomic mass is 10.0. The molecule has 1 aromatic carbocycles. The Morgan fingerprint density at radius 3 is 2.65 bits per heavy atom. The molecule has 1 atom stereocenters. The van der Waals surface area contributed by atoms with Gasteiger partial charge in [-0.15, -0.1) is 0 Å². The number of nitrogens with zero attached hydrogens (tertiary/aromatic N) is 1. The first kappa shape index (κ1) is 11.9. The summed E-state index contributed by atoms with van der Waals surface area (Å²) in [5, 5.41) is 6.00. The Hall–Kier alpha value is -1.57. The van der Waals surface area contributed by atoms with Crippen molar-refractivity contribution < 1.29 is 0 Å². The summed E-state index contributed by atoms with van der Waals surface area (Å²) in [5.41, 5.74) is 0. The van der Waals surface area contributed by atoms with Crippen molar-refractivity contribution in [2.45, 2.75) is 33.2 Å². The number of anilines is 1. The summed E-state index contributed by atoms with van der Waals surface area (Å²) in [4.78, 5) is 4.47. The van der Waals surface area contributed by atoms with Gasteiger partial charge in [0.1, 0.15) is 5.82 Å². The van der Waals surface area contributed by atoms with Crippen LogP contribution in [0.4, 0.5) is 5.82 Å². The van der Waals surface area contributed by atoms with Crippen LogP contribution >= 0.6 is 0 Å². The molecule has 0 saturated heterocycles. The van der Waals surface area contributed by atoms with Gasteiger partial charge in [0.2, 0.25) is 0 Å². The van der Waals surface area contributed by atoms with Gasteiger partial charge in [0.05, 0.1) is 0 Å². The molecule has 0 bridgehead atoms. The number of hydrogen-bond donors (Lipinski definition) is 1. The minimum atomic E-state index is 0.480. The molecule has 1 aromatic heterocycles. The van der Waals surface area contributed by atoms with Crippen LogP contribution in [0.5, 0.6) is 0 Å². The first-order valence-corrected chi connectivity index (χ1v) is 6.32. The number of nitrogens with one attached hydrogen (secondary N) is 1. The topological polar surface area (TPSA) is 24.9 Å². The summed E-state index contributed by atoms with van der Waals surface area (Å²) < 4.78 is 0. The Morgan fingerprint density at radius 1 is 1.18 bits per heavy atom. The van der Waals surface area contributed by atoms with Gasteiger partial charge in [0.25, 0.3) is 0 Å². The lowest BCUT2D eigenvalue weighted by Gasteiger charge is -2.22. The lowest BCUT2D eigenvalue weighted by Crippen LogP contribution is -2.25. The normalized spacial score (nSPS) is 12.9. The summed E-state index contributed by atoms with van der Waals surface area (Å²) in [6, 6.07) is 10.9. The third-order valence-corrected chi connectivity index (χ3v) is 3.24. The van der Waals surface area contributed by atoms with Gasteiger partial charge in [-0.1, -0.05) is 45.0 Å². The summed E-state index contributed by atoms with van der Waals surface area (Å²) >= 11 is 0. The maximum Gasteiger partial charge on any atom is 0.134 e. The quantitative estimate of drug-likeness (QED) is 0.852. The van der Waals surface area contributed by atoms with Crippen LogP contribution in [0, 0.1) is 5.92 Å². The molecule has 17 heavy (non-hydrogen) atoms. The molecule has 1 unspecified atom stereocenters. The van der Waals surface area contributed by atoms with Crippen molar-refractivity contribution in [1.29, 1.82) is 0 Å². The molecule has 2 aromatic rings. The van der Waals surface area contributed by atoms with E-state index in [1.54, 1.807) is 0 Å². The van der Waals surface area contributed by atoms with Gasteiger partial charge >= 0.3 is 0 Å². The molecule has 1 heterocycles. The summed E-state index contributed by atoms with van der Waals surface area (Å²) in [7, 11) is 0. The van der Waals surface area contributed by atoms with Gasteiger partial charge < -0.3 is 5.32 Å². The second-order valence-corrected chi connectivity index (χ2v) is 4.78. The van der Waals surface area contributed by atoms with Crippen LogP contribution in [-0.2, 0) is 0 Å². The molecular weight excluding hydrogens is 208 g/mol. The predicted molar refractivity (Wildman–Crippen MR) is 74.3 cm³/mol. The van der Waals surface area contributed by atoms with Crippen molar-refractivity contribution in [2.75, 3.05) is 5.32 Å². The van der Waals surface area contributed by atoms with Crippen molar-refractivity contribution in [1.82, 2.24) is 4.98 Å². The monoisotopic (exact) mass is 228 g/mol. The van der Waals surface area contributed by atoms with E-state index in [0.717, 1.165) is 12.2 Å². The molecule has 1 N–H and O–H groups in total. The molecule has 0 radical (unpaired) electrons. The molecule has 2 rings (SSSR count). The number of hydrogen-bond acceptors (Lipinski definition) is 2. The molecule has 0 fully saturated rings. The molecule has 90 valence electrons. The zero-order valence-electron chi connectivity index (χ0n) is 10.8. The van der Waals surface area contributed by atoms with Gasteiger partial charge in [-0.2, -0.15) is 0 Å². The second kappa shape index (κ2) is 5.17. The van der Waals surface area contributed by atoms with Crippen molar-refractivity contribution >= 4 is 16.6 Å².